The van der Waals surface area contributed by atoms with E-state index in [-0.39, 0.29) is 5.60 Å². The number of hydrogen-bond donors (Lipinski definition) is 0. The van der Waals surface area contributed by atoms with Crippen LogP contribution < -0.4 is 0 Å². The standard InChI is InChI=1S/C5H7O3/c1-5(3-8-5)2-7-4-6/h2-3H2,1H3. The molecule has 0 bridgehead atoms. The topological polar surface area (TPSA) is 38.8 Å². The molecule has 3 heteroatoms. The number of ether oxygens (including phenoxy) is 2. The van der Waals surface area contributed by atoms with Gasteiger partial charge in [-0.3, -0.25) is 0 Å². The van der Waals surface area contributed by atoms with Crippen LogP contribution in [-0.4, -0.2) is 25.3 Å². The van der Waals surface area contributed by atoms with Crippen molar-refractivity contribution in [3.8, 4) is 0 Å². The fourth-order valence-electron chi connectivity index (χ4n) is 0.389. The Bertz CT molecular complexity index is 95.8. The second-order valence-electron chi connectivity index (χ2n) is 2.11. The second-order valence-corrected chi connectivity index (χ2v) is 2.11. The first-order valence-corrected chi connectivity index (χ1v) is 2.40. The Morgan fingerprint density at radius 1 is 2.00 bits per heavy atom. The van der Waals surface area contributed by atoms with Gasteiger partial charge in [0.2, 0.25) is 0 Å². The Morgan fingerprint density at radius 2 is 2.62 bits per heavy atom. The van der Waals surface area contributed by atoms with Crippen molar-refractivity contribution in [3.05, 3.63) is 0 Å². The van der Waals surface area contributed by atoms with E-state index >= 15 is 0 Å². The van der Waals surface area contributed by atoms with Crippen molar-refractivity contribution in [2.24, 2.45) is 0 Å². The first-order chi connectivity index (χ1) is 3.77. The van der Waals surface area contributed by atoms with Gasteiger partial charge >= 0.3 is 6.47 Å². The highest BCUT2D eigenvalue weighted by molar-refractivity contribution is 5.38. The SMILES string of the molecule is CC1(CO[C]=O)CO1. The molecular formula is C5H7O3. The molecule has 0 amide bonds. The van der Waals surface area contributed by atoms with Crippen LogP contribution in [-0.2, 0) is 14.3 Å². The maximum Gasteiger partial charge on any atom is 0.417 e. The lowest BCUT2D eigenvalue weighted by molar-refractivity contribution is 0.185. The predicted molar refractivity (Wildman–Crippen MR) is 26.0 cm³/mol. The molecule has 0 saturated carbocycles. The molecule has 1 aliphatic rings. The van der Waals surface area contributed by atoms with E-state index in [0.29, 0.717) is 13.2 Å². The smallest absolute Gasteiger partial charge is 0.417 e. The first kappa shape index (κ1) is 5.56. The summed E-state index contributed by atoms with van der Waals surface area (Å²) in [6, 6.07) is 0. The summed E-state index contributed by atoms with van der Waals surface area (Å²) in [7, 11) is 0. The highest BCUT2D eigenvalue weighted by Gasteiger charge is 2.40. The zero-order chi connectivity index (χ0) is 6.04. The molecule has 1 rings (SSSR count). The average molecular weight is 115 g/mol. The summed E-state index contributed by atoms with van der Waals surface area (Å²) in [4.78, 5) is 9.48. The van der Waals surface area contributed by atoms with E-state index in [4.69, 9.17) is 4.74 Å². The Labute approximate surface area is 47.6 Å². The lowest BCUT2D eigenvalue weighted by Crippen LogP contribution is -2.13. The third kappa shape index (κ3) is 1.20. The lowest BCUT2D eigenvalue weighted by atomic mass is 10.2. The molecule has 1 radical (unpaired) electrons. The monoisotopic (exact) mass is 115 g/mol. The summed E-state index contributed by atoms with van der Waals surface area (Å²) in [5.74, 6) is 0. The van der Waals surface area contributed by atoms with Crippen LogP contribution in [0, 0.1) is 0 Å². The van der Waals surface area contributed by atoms with Crippen LogP contribution in [0.25, 0.3) is 0 Å². The second kappa shape index (κ2) is 1.74. The fraction of sp³-hybridized carbons (Fsp3) is 0.800. The molecule has 1 fully saturated rings. The van der Waals surface area contributed by atoms with Gasteiger partial charge in [-0.05, 0) is 6.92 Å². The van der Waals surface area contributed by atoms with Crippen LogP contribution in [0.3, 0.4) is 0 Å². The minimum absolute atomic E-state index is 0.183. The first-order valence-electron chi connectivity index (χ1n) is 2.40. The largest absolute Gasteiger partial charge is 0.454 e. The minimum Gasteiger partial charge on any atom is -0.454 e. The lowest BCUT2D eigenvalue weighted by Gasteiger charge is -1.98. The third-order valence-corrected chi connectivity index (χ3v) is 1.07. The van der Waals surface area contributed by atoms with Crippen LogP contribution >= 0.6 is 0 Å². The van der Waals surface area contributed by atoms with Crippen LogP contribution in [0.15, 0.2) is 0 Å². The normalized spacial score (nSPS) is 34.1. The third-order valence-electron chi connectivity index (χ3n) is 1.07. The van der Waals surface area contributed by atoms with Gasteiger partial charge < -0.3 is 9.47 Å². The molecule has 8 heavy (non-hydrogen) atoms. The molecule has 1 aliphatic heterocycles. The quantitative estimate of drug-likeness (QED) is 0.480. The minimum atomic E-state index is -0.183. The van der Waals surface area contributed by atoms with Gasteiger partial charge in [0.1, 0.15) is 12.2 Å². The number of epoxide rings is 1. The molecular weight excluding hydrogens is 108 g/mol. The van der Waals surface area contributed by atoms with Gasteiger partial charge in [0.25, 0.3) is 0 Å². The summed E-state index contributed by atoms with van der Waals surface area (Å²) < 4.78 is 9.22. The van der Waals surface area contributed by atoms with Crippen LogP contribution in [0.4, 0.5) is 0 Å². The summed E-state index contributed by atoms with van der Waals surface area (Å²) >= 11 is 0. The van der Waals surface area contributed by atoms with Crippen molar-refractivity contribution in [1.82, 2.24) is 0 Å². The van der Waals surface area contributed by atoms with Gasteiger partial charge in [-0.1, -0.05) is 0 Å². The van der Waals surface area contributed by atoms with Gasteiger partial charge in [0.15, 0.2) is 0 Å². The van der Waals surface area contributed by atoms with Crippen molar-refractivity contribution in [1.29, 1.82) is 0 Å². The molecule has 3 nitrogen and oxygen atoms in total. The number of carbonyl (C=O) groups excluding carboxylic acids is 1. The van der Waals surface area contributed by atoms with Crippen molar-refractivity contribution < 1.29 is 14.3 Å². The Kier molecular flexibility index (Phi) is 1.21. The van der Waals surface area contributed by atoms with Gasteiger partial charge in [-0.2, -0.15) is 0 Å². The van der Waals surface area contributed by atoms with Crippen molar-refractivity contribution >= 4 is 6.47 Å². The molecule has 1 saturated heterocycles. The van der Waals surface area contributed by atoms with Crippen molar-refractivity contribution in [2.75, 3.05) is 13.2 Å². The van der Waals surface area contributed by atoms with Crippen LogP contribution in [0.1, 0.15) is 6.92 Å². The van der Waals surface area contributed by atoms with Gasteiger partial charge in [0, 0.05) is 0 Å². The van der Waals surface area contributed by atoms with E-state index in [1.807, 2.05) is 6.92 Å². The number of hydrogen-bond acceptors (Lipinski definition) is 3. The molecule has 1 atom stereocenters. The maximum absolute atomic E-state index is 9.48. The predicted octanol–water partition coefficient (Wildman–Crippen LogP) is -0.141. The fourth-order valence-corrected chi connectivity index (χ4v) is 0.389. The van der Waals surface area contributed by atoms with E-state index in [2.05, 4.69) is 4.74 Å². The maximum atomic E-state index is 9.48. The van der Waals surface area contributed by atoms with E-state index in [0.717, 1.165) is 0 Å². The van der Waals surface area contributed by atoms with Gasteiger partial charge in [-0.15, -0.1) is 0 Å². The van der Waals surface area contributed by atoms with E-state index in [9.17, 15) is 4.79 Å². The molecule has 0 N–H and O–H groups in total. The average Bonchev–Trinajstić information content (AvgIpc) is 2.45. The highest BCUT2D eigenvalue weighted by atomic mass is 16.6. The van der Waals surface area contributed by atoms with E-state index in [1.54, 1.807) is 0 Å². The summed E-state index contributed by atoms with van der Waals surface area (Å²) in [5, 5.41) is 0. The molecule has 1 heterocycles. The molecule has 0 aliphatic carbocycles. The molecule has 45 valence electrons. The van der Waals surface area contributed by atoms with Gasteiger partial charge in [-0.25, -0.2) is 4.79 Å². The molecule has 0 aromatic carbocycles. The Hall–Kier alpha value is -0.570. The molecule has 1 unspecified atom stereocenters. The van der Waals surface area contributed by atoms with E-state index in [1.165, 1.54) is 6.47 Å². The van der Waals surface area contributed by atoms with Crippen molar-refractivity contribution in [2.45, 2.75) is 12.5 Å². The van der Waals surface area contributed by atoms with Gasteiger partial charge in [0.05, 0.1) is 6.61 Å². The summed E-state index contributed by atoms with van der Waals surface area (Å²) in [6.07, 6.45) is 0. The Morgan fingerprint density at radius 3 is 3.00 bits per heavy atom. The Balaban J connectivity index is 2.09. The highest BCUT2D eigenvalue weighted by Crippen LogP contribution is 2.25. The summed E-state index contributed by atoms with van der Waals surface area (Å²) in [5.41, 5.74) is -0.183. The van der Waals surface area contributed by atoms with Crippen molar-refractivity contribution in [3.63, 3.8) is 0 Å². The molecule has 0 aromatic heterocycles. The zero-order valence-electron chi connectivity index (χ0n) is 4.64. The zero-order valence-corrected chi connectivity index (χ0v) is 4.64. The molecule has 0 spiro atoms. The summed E-state index contributed by atoms with van der Waals surface area (Å²) in [6.45, 7) is 4.23. The van der Waals surface area contributed by atoms with E-state index < -0.39 is 0 Å². The van der Waals surface area contributed by atoms with Crippen LogP contribution in [0.2, 0.25) is 0 Å². The molecule has 0 aromatic rings. The van der Waals surface area contributed by atoms with Crippen LogP contribution in [0.5, 0.6) is 0 Å². The number of rotatable bonds is 3.